The van der Waals surface area contributed by atoms with Crippen molar-refractivity contribution in [2.24, 2.45) is 0 Å². The zero-order valence-electron chi connectivity index (χ0n) is 17.3. The summed E-state index contributed by atoms with van der Waals surface area (Å²) in [7, 11) is 3.03. The molecule has 1 N–H and O–H groups in total. The lowest BCUT2D eigenvalue weighted by atomic mass is 10.1. The standard InChI is InChI=1S/C22H25N3O5/c1-15-5-4-6-16(9-15)13-24-7-8-25(22(28)21(24)27)14-20(26)23-17-10-18(29-2)12-19(11-17)30-3/h4-6,9-12H,7-8,13-14H2,1-3H3,(H,23,26). The zero-order chi connectivity index (χ0) is 21.7. The molecule has 1 saturated heterocycles. The van der Waals surface area contributed by atoms with Gasteiger partial charge in [0.2, 0.25) is 5.91 Å². The van der Waals surface area contributed by atoms with Crippen LogP contribution in [0.15, 0.2) is 42.5 Å². The molecule has 8 nitrogen and oxygen atoms in total. The van der Waals surface area contributed by atoms with Crippen LogP contribution in [-0.4, -0.2) is 61.4 Å². The van der Waals surface area contributed by atoms with E-state index in [1.54, 1.807) is 18.2 Å². The lowest BCUT2D eigenvalue weighted by Crippen LogP contribution is -2.55. The molecule has 30 heavy (non-hydrogen) atoms. The second kappa shape index (κ2) is 9.30. The number of nitrogens with zero attached hydrogens (tertiary/aromatic N) is 2. The first-order valence-electron chi connectivity index (χ1n) is 9.56. The van der Waals surface area contributed by atoms with Crippen molar-refractivity contribution < 1.29 is 23.9 Å². The number of aryl methyl sites for hydroxylation is 1. The second-order valence-electron chi connectivity index (χ2n) is 7.09. The predicted molar refractivity (Wildman–Crippen MR) is 111 cm³/mol. The molecule has 2 aromatic carbocycles. The molecule has 3 amide bonds. The fourth-order valence-corrected chi connectivity index (χ4v) is 3.30. The Bertz CT molecular complexity index is 937. The van der Waals surface area contributed by atoms with E-state index in [-0.39, 0.29) is 6.54 Å². The Kier molecular flexibility index (Phi) is 6.56. The molecule has 1 aliphatic rings. The number of ether oxygens (including phenoxy) is 2. The van der Waals surface area contributed by atoms with Crippen LogP contribution in [0, 0.1) is 6.92 Å². The van der Waals surface area contributed by atoms with Crippen LogP contribution >= 0.6 is 0 Å². The molecule has 0 bridgehead atoms. The number of anilines is 1. The van der Waals surface area contributed by atoms with E-state index >= 15 is 0 Å². The first-order valence-corrected chi connectivity index (χ1v) is 9.56. The van der Waals surface area contributed by atoms with Crippen molar-refractivity contribution in [3.63, 3.8) is 0 Å². The Morgan fingerprint density at radius 3 is 2.23 bits per heavy atom. The molecule has 0 atom stereocenters. The normalized spacial score (nSPS) is 14.0. The Morgan fingerprint density at radius 2 is 1.60 bits per heavy atom. The highest BCUT2D eigenvalue weighted by molar-refractivity contribution is 6.35. The fourth-order valence-electron chi connectivity index (χ4n) is 3.30. The van der Waals surface area contributed by atoms with E-state index in [1.165, 1.54) is 24.0 Å². The van der Waals surface area contributed by atoms with E-state index in [0.717, 1.165) is 11.1 Å². The third-order valence-electron chi connectivity index (χ3n) is 4.82. The molecular formula is C22H25N3O5. The molecule has 0 aliphatic carbocycles. The largest absolute Gasteiger partial charge is 0.497 e. The van der Waals surface area contributed by atoms with Crippen LogP contribution in [0.1, 0.15) is 11.1 Å². The maximum absolute atomic E-state index is 12.5. The van der Waals surface area contributed by atoms with Gasteiger partial charge < -0.3 is 24.6 Å². The van der Waals surface area contributed by atoms with Crippen LogP contribution in [0.2, 0.25) is 0 Å². The molecule has 2 aromatic rings. The monoisotopic (exact) mass is 411 g/mol. The van der Waals surface area contributed by atoms with E-state index < -0.39 is 17.7 Å². The minimum atomic E-state index is -0.674. The van der Waals surface area contributed by atoms with Gasteiger partial charge >= 0.3 is 11.8 Å². The minimum absolute atomic E-state index is 0.206. The average molecular weight is 411 g/mol. The number of hydrogen-bond donors (Lipinski definition) is 1. The van der Waals surface area contributed by atoms with Crippen molar-refractivity contribution in [3.05, 3.63) is 53.6 Å². The molecule has 1 heterocycles. The van der Waals surface area contributed by atoms with Crippen molar-refractivity contribution in [2.45, 2.75) is 13.5 Å². The van der Waals surface area contributed by atoms with Crippen molar-refractivity contribution in [3.8, 4) is 11.5 Å². The summed E-state index contributed by atoms with van der Waals surface area (Å²) in [6.45, 7) is 2.81. The number of amides is 3. The van der Waals surface area contributed by atoms with Crippen molar-refractivity contribution >= 4 is 23.4 Å². The predicted octanol–water partition coefficient (Wildman–Crippen LogP) is 1.82. The van der Waals surface area contributed by atoms with Crippen molar-refractivity contribution in [1.82, 2.24) is 9.80 Å². The molecule has 0 radical (unpaired) electrons. The Labute approximate surface area is 175 Å². The maximum Gasteiger partial charge on any atom is 0.312 e. The maximum atomic E-state index is 12.5. The molecule has 158 valence electrons. The summed E-state index contributed by atoms with van der Waals surface area (Å²) < 4.78 is 10.4. The summed E-state index contributed by atoms with van der Waals surface area (Å²) >= 11 is 0. The summed E-state index contributed by atoms with van der Waals surface area (Å²) in [6, 6.07) is 12.8. The number of hydrogen-bond acceptors (Lipinski definition) is 5. The van der Waals surface area contributed by atoms with Crippen molar-refractivity contribution in [1.29, 1.82) is 0 Å². The van der Waals surface area contributed by atoms with Gasteiger partial charge in [-0.1, -0.05) is 29.8 Å². The van der Waals surface area contributed by atoms with Crippen LogP contribution in [0.5, 0.6) is 11.5 Å². The first-order chi connectivity index (χ1) is 14.4. The minimum Gasteiger partial charge on any atom is -0.497 e. The number of carbonyl (C=O) groups is 3. The molecule has 1 aliphatic heterocycles. The third-order valence-corrected chi connectivity index (χ3v) is 4.82. The van der Waals surface area contributed by atoms with Crippen LogP contribution in [-0.2, 0) is 20.9 Å². The van der Waals surface area contributed by atoms with Gasteiger partial charge in [0.25, 0.3) is 0 Å². The van der Waals surface area contributed by atoms with Gasteiger partial charge in [-0.3, -0.25) is 14.4 Å². The van der Waals surface area contributed by atoms with Gasteiger partial charge in [0.1, 0.15) is 18.0 Å². The topological polar surface area (TPSA) is 88.2 Å². The number of nitrogens with one attached hydrogen (secondary N) is 1. The van der Waals surface area contributed by atoms with E-state index in [2.05, 4.69) is 5.32 Å². The summed E-state index contributed by atoms with van der Waals surface area (Å²) in [6.07, 6.45) is 0. The van der Waals surface area contributed by atoms with Crippen LogP contribution in [0.25, 0.3) is 0 Å². The zero-order valence-corrected chi connectivity index (χ0v) is 17.3. The first kappa shape index (κ1) is 21.2. The summed E-state index contributed by atoms with van der Waals surface area (Å²) in [5.41, 5.74) is 2.54. The lowest BCUT2D eigenvalue weighted by Gasteiger charge is -2.33. The van der Waals surface area contributed by atoms with Gasteiger partial charge in [0.05, 0.1) is 14.2 Å². The highest BCUT2D eigenvalue weighted by Crippen LogP contribution is 2.25. The van der Waals surface area contributed by atoms with Gasteiger partial charge in [-0.25, -0.2) is 0 Å². The van der Waals surface area contributed by atoms with Crippen LogP contribution < -0.4 is 14.8 Å². The van der Waals surface area contributed by atoms with Gasteiger partial charge in [0, 0.05) is 43.5 Å². The highest BCUT2D eigenvalue weighted by Gasteiger charge is 2.33. The van der Waals surface area contributed by atoms with E-state index in [9.17, 15) is 14.4 Å². The van der Waals surface area contributed by atoms with Crippen LogP contribution in [0.4, 0.5) is 5.69 Å². The summed E-state index contributed by atoms with van der Waals surface area (Å²) in [4.78, 5) is 40.2. The lowest BCUT2D eigenvalue weighted by molar-refractivity contribution is -0.157. The average Bonchev–Trinajstić information content (AvgIpc) is 2.73. The number of piperazine rings is 1. The second-order valence-corrected chi connectivity index (χ2v) is 7.09. The SMILES string of the molecule is COc1cc(NC(=O)CN2CCN(Cc3cccc(C)c3)C(=O)C2=O)cc(OC)c1. The molecule has 0 aromatic heterocycles. The van der Waals surface area contributed by atoms with Gasteiger partial charge in [-0.05, 0) is 12.5 Å². The third kappa shape index (κ3) is 5.08. The van der Waals surface area contributed by atoms with E-state index in [1.807, 2.05) is 31.2 Å². The molecule has 1 fully saturated rings. The molecule has 0 unspecified atom stereocenters. The Hall–Kier alpha value is -3.55. The summed E-state index contributed by atoms with van der Waals surface area (Å²) in [5, 5.41) is 2.71. The molecule has 0 spiro atoms. The van der Waals surface area contributed by atoms with Gasteiger partial charge in [-0.2, -0.15) is 0 Å². The number of rotatable bonds is 7. The van der Waals surface area contributed by atoms with Gasteiger partial charge in [0.15, 0.2) is 0 Å². The molecule has 0 saturated carbocycles. The Balaban J connectivity index is 1.59. The number of methoxy groups -OCH3 is 2. The van der Waals surface area contributed by atoms with Crippen molar-refractivity contribution in [2.75, 3.05) is 39.2 Å². The van der Waals surface area contributed by atoms with Gasteiger partial charge in [-0.15, -0.1) is 0 Å². The molecule has 8 heteroatoms. The quantitative estimate of drug-likeness (QED) is 0.703. The smallest absolute Gasteiger partial charge is 0.312 e. The Morgan fingerprint density at radius 1 is 0.967 bits per heavy atom. The molecular weight excluding hydrogens is 386 g/mol. The molecule has 3 rings (SSSR count). The van der Waals surface area contributed by atoms with Crippen LogP contribution in [0.3, 0.4) is 0 Å². The number of carbonyl (C=O) groups excluding carboxylic acids is 3. The highest BCUT2D eigenvalue weighted by atomic mass is 16.5. The van der Waals surface area contributed by atoms with E-state index in [0.29, 0.717) is 36.8 Å². The summed E-state index contributed by atoms with van der Waals surface area (Å²) in [5.74, 6) is -0.620. The van der Waals surface area contributed by atoms with E-state index in [4.69, 9.17) is 9.47 Å². The fraction of sp³-hybridized carbons (Fsp3) is 0.318. The number of benzene rings is 2.